The van der Waals surface area contributed by atoms with Crippen molar-refractivity contribution in [3.8, 4) is 0 Å². The molecule has 1 aromatic carbocycles. The minimum absolute atomic E-state index is 0.0782. The van der Waals surface area contributed by atoms with E-state index < -0.39 is 0 Å². The summed E-state index contributed by atoms with van der Waals surface area (Å²) in [5, 5.41) is 7.83. The lowest BCUT2D eigenvalue weighted by molar-refractivity contribution is -0.129. The maximum absolute atomic E-state index is 12.9. The molecule has 26 heavy (non-hydrogen) atoms. The van der Waals surface area contributed by atoms with Crippen LogP contribution in [0.5, 0.6) is 0 Å². The van der Waals surface area contributed by atoms with E-state index in [0.29, 0.717) is 18.2 Å². The summed E-state index contributed by atoms with van der Waals surface area (Å²) in [6.45, 7) is 2.55. The predicted octanol–water partition coefficient (Wildman–Crippen LogP) is 3.57. The van der Waals surface area contributed by atoms with E-state index in [-0.39, 0.29) is 11.2 Å². The number of oxazole rings is 1. The molecule has 1 amide bonds. The number of hydrogen-bond donors (Lipinski definition) is 1. The molecule has 2 heterocycles. The number of carbonyl (C=O) groups is 1. The normalized spacial score (nSPS) is 14.5. The molecule has 0 unspecified atom stereocenters. The lowest BCUT2D eigenvalue weighted by Crippen LogP contribution is -2.34. The van der Waals surface area contributed by atoms with Crippen molar-refractivity contribution in [3.63, 3.8) is 0 Å². The molecule has 0 radical (unpaired) electrons. The van der Waals surface area contributed by atoms with Crippen molar-refractivity contribution >= 4 is 28.8 Å². The van der Waals surface area contributed by atoms with Gasteiger partial charge in [0.05, 0.1) is 17.5 Å². The molecule has 1 aliphatic rings. The molecule has 0 saturated heterocycles. The van der Waals surface area contributed by atoms with Crippen LogP contribution >= 0.6 is 11.8 Å². The molecule has 0 fully saturated rings. The number of H-pyrrole nitrogens is 1. The van der Waals surface area contributed by atoms with Gasteiger partial charge in [-0.25, -0.2) is 4.98 Å². The summed E-state index contributed by atoms with van der Waals surface area (Å²) in [7, 11) is 1.84. The number of para-hydroxylation sites is 2. The second kappa shape index (κ2) is 7.15. The predicted molar refractivity (Wildman–Crippen MR) is 101 cm³/mol. The first-order chi connectivity index (χ1) is 12.7. The first-order valence-corrected chi connectivity index (χ1v) is 9.86. The Hall–Kier alpha value is -2.28. The van der Waals surface area contributed by atoms with Crippen molar-refractivity contribution in [1.29, 1.82) is 0 Å². The third-order valence-electron chi connectivity index (χ3n) is 4.82. The Balaban J connectivity index is 1.45. The van der Waals surface area contributed by atoms with Gasteiger partial charge in [-0.3, -0.25) is 9.89 Å². The molecule has 1 N–H and O–H groups in total. The van der Waals surface area contributed by atoms with Crippen molar-refractivity contribution in [3.05, 3.63) is 41.2 Å². The van der Waals surface area contributed by atoms with Gasteiger partial charge in [-0.05, 0) is 43.4 Å². The molecular formula is C19H22N4O2S. The number of aryl methyl sites for hydroxylation is 1. The van der Waals surface area contributed by atoms with Gasteiger partial charge in [0.15, 0.2) is 5.58 Å². The van der Waals surface area contributed by atoms with E-state index >= 15 is 0 Å². The molecule has 1 aliphatic carbocycles. The third-order valence-corrected chi connectivity index (χ3v) is 6.01. The van der Waals surface area contributed by atoms with Crippen LogP contribution < -0.4 is 0 Å². The average molecular weight is 370 g/mol. The zero-order valence-electron chi connectivity index (χ0n) is 15.0. The minimum Gasteiger partial charge on any atom is -0.431 e. The Kier molecular flexibility index (Phi) is 4.72. The van der Waals surface area contributed by atoms with Crippen molar-refractivity contribution in [2.24, 2.45) is 0 Å². The van der Waals surface area contributed by atoms with Crippen LogP contribution in [0.4, 0.5) is 0 Å². The lowest BCUT2D eigenvalue weighted by atomic mass is 10.2. The van der Waals surface area contributed by atoms with Gasteiger partial charge in [0, 0.05) is 12.7 Å². The molecule has 136 valence electrons. The van der Waals surface area contributed by atoms with Crippen molar-refractivity contribution in [1.82, 2.24) is 20.1 Å². The first kappa shape index (κ1) is 17.1. The van der Waals surface area contributed by atoms with E-state index in [1.165, 1.54) is 29.4 Å². The highest BCUT2D eigenvalue weighted by Crippen LogP contribution is 2.30. The second-order valence-corrected chi connectivity index (χ2v) is 7.79. The topological polar surface area (TPSA) is 75.0 Å². The Morgan fingerprint density at radius 1 is 1.38 bits per heavy atom. The molecule has 3 aromatic rings. The summed E-state index contributed by atoms with van der Waals surface area (Å²) in [5.41, 5.74) is 5.09. The SMILES string of the molecule is CC[C@@H](Sc1nc2ccccc2o1)C(=O)N(C)Cc1n[nH]c2c1CCC2. The zero-order valence-corrected chi connectivity index (χ0v) is 15.8. The third kappa shape index (κ3) is 3.23. The number of nitrogens with one attached hydrogen (secondary N) is 1. The van der Waals surface area contributed by atoms with Crippen LogP contribution in [0.25, 0.3) is 11.1 Å². The van der Waals surface area contributed by atoms with Gasteiger partial charge in [-0.2, -0.15) is 5.10 Å². The van der Waals surface area contributed by atoms with Crippen molar-refractivity contribution in [2.45, 2.75) is 49.6 Å². The summed E-state index contributed by atoms with van der Waals surface area (Å²) in [6.07, 6.45) is 3.99. The fraction of sp³-hybridized carbons (Fsp3) is 0.421. The summed E-state index contributed by atoms with van der Waals surface area (Å²) in [4.78, 5) is 19.2. The standard InChI is InChI=1S/C19H22N4O2S/c1-3-17(26-19-20-14-8-4-5-10-16(14)25-19)18(24)23(2)11-15-12-7-6-9-13(12)21-22-15/h4-5,8,10,17H,3,6-7,9,11H2,1-2H3,(H,21,22)/t17-/m1/s1. The van der Waals surface area contributed by atoms with Gasteiger partial charge in [0.2, 0.25) is 5.91 Å². The number of hydrogen-bond acceptors (Lipinski definition) is 5. The molecular weight excluding hydrogens is 348 g/mol. The van der Waals surface area contributed by atoms with Crippen LogP contribution in [-0.2, 0) is 24.2 Å². The maximum Gasteiger partial charge on any atom is 0.257 e. The van der Waals surface area contributed by atoms with Crippen molar-refractivity contribution in [2.75, 3.05) is 7.05 Å². The molecule has 2 aromatic heterocycles. The zero-order chi connectivity index (χ0) is 18.1. The first-order valence-electron chi connectivity index (χ1n) is 8.98. The quantitative estimate of drug-likeness (QED) is 0.672. The average Bonchev–Trinajstić information content (AvgIpc) is 3.35. The summed E-state index contributed by atoms with van der Waals surface area (Å²) in [6, 6.07) is 7.65. The van der Waals surface area contributed by atoms with Crippen LogP contribution in [0, 0.1) is 0 Å². The molecule has 4 rings (SSSR count). The fourth-order valence-electron chi connectivity index (χ4n) is 3.40. The van der Waals surface area contributed by atoms with Gasteiger partial charge >= 0.3 is 0 Å². The van der Waals surface area contributed by atoms with Gasteiger partial charge in [-0.1, -0.05) is 30.8 Å². The molecule has 6 nitrogen and oxygen atoms in total. The number of benzene rings is 1. The van der Waals surface area contributed by atoms with Crippen LogP contribution in [0.1, 0.15) is 36.7 Å². The van der Waals surface area contributed by atoms with Gasteiger partial charge in [0.1, 0.15) is 5.52 Å². The summed E-state index contributed by atoms with van der Waals surface area (Å²) >= 11 is 1.39. The van der Waals surface area contributed by atoms with Crippen LogP contribution in [-0.4, -0.2) is 38.3 Å². The fourth-order valence-corrected chi connectivity index (χ4v) is 4.38. The van der Waals surface area contributed by atoms with Crippen LogP contribution in [0.3, 0.4) is 0 Å². The number of aromatic nitrogens is 3. The Labute approximate surface area is 156 Å². The van der Waals surface area contributed by atoms with Crippen LogP contribution in [0.2, 0.25) is 0 Å². The van der Waals surface area contributed by atoms with Gasteiger partial charge in [-0.15, -0.1) is 0 Å². The van der Waals surface area contributed by atoms with E-state index in [1.807, 2.05) is 38.2 Å². The Morgan fingerprint density at radius 3 is 3.04 bits per heavy atom. The smallest absolute Gasteiger partial charge is 0.257 e. The Morgan fingerprint density at radius 2 is 2.23 bits per heavy atom. The van der Waals surface area contributed by atoms with E-state index in [9.17, 15) is 4.79 Å². The Bertz CT molecular complexity index is 900. The minimum atomic E-state index is -0.222. The molecule has 1 atom stereocenters. The second-order valence-electron chi connectivity index (χ2n) is 6.64. The van der Waals surface area contributed by atoms with Gasteiger partial charge < -0.3 is 9.32 Å². The molecule has 7 heteroatoms. The number of carbonyl (C=O) groups excluding carboxylic acids is 1. The monoisotopic (exact) mass is 370 g/mol. The molecule has 0 bridgehead atoms. The number of amides is 1. The van der Waals surface area contributed by atoms with Crippen LogP contribution in [0.15, 0.2) is 33.9 Å². The number of rotatable bonds is 6. The number of nitrogens with zero attached hydrogens (tertiary/aromatic N) is 3. The number of fused-ring (bicyclic) bond motifs is 2. The summed E-state index contributed by atoms with van der Waals surface area (Å²) < 4.78 is 5.76. The van der Waals surface area contributed by atoms with E-state index in [4.69, 9.17) is 4.42 Å². The highest BCUT2D eigenvalue weighted by atomic mass is 32.2. The summed E-state index contributed by atoms with van der Waals surface area (Å²) in [5.74, 6) is 0.0782. The van der Waals surface area contributed by atoms with Crippen molar-refractivity contribution < 1.29 is 9.21 Å². The van der Waals surface area contributed by atoms with Gasteiger partial charge in [0.25, 0.3) is 5.22 Å². The molecule has 0 aliphatic heterocycles. The largest absolute Gasteiger partial charge is 0.431 e. The number of aromatic amines is 1. The maximum atomic E-state index is 12.9. The number of thioether (sulfide) groups is 1. The lowest BCUT2D eigenvalue weighted by Gasteiger charge is -2.21. The van der Waals surface area contributed by atoms with E-state index in [2.05, 4.69) is 15.2 Å². The highest BCUT2D eigenvalue weighted by molar-refractivity contribution is 8.00. The van der Waals surface area contributed by atoms with E-state index in [1.54, 1.807) is 4.90 Å². The molecule has 0 saturated carbocycles. The van der Waals surface area contributed by atoms with E-state index in [0.717, 1.165) is 29.6 Å². The highest BCUT2D eigenvalue weighted by Gasteiger charge is 2.26. The molecule has 0 spiro atoms.